The minimum Gasteiger partial charge on any atom is -0.497 e. The SMILES string of the molecule is C=C/C=C(\C)C(=O)NCc1ccc(OC)cc1. The third-order valence-corrected chi connectivity index (χ3v) is 2.34. The van der Waals surface area contributed by atoms with Crippen molar-refractivity contribution in [2.75, 3.05) is 7.11 Å². The maximum Gasteiger partial charge on any atom is 0.247 e. The minimum atomic E-state index is -0.0827. The normalized spacial score (nSPS) is 10.8. The summed E-state index contributed by atoms with van der Waals surface area (Å²) in [6.45, 7) is 5.81. The number of methoxy groups -OCH3 is 1. The molecule has 0 fully saturated rings. The lowest BCUT2D eigenvalue weighted by molar-refractivity contribution is -0.117. The van der Waals surface area contributed by atoms with Gasteiger partial charge in [-0.05, 0) is 24.6 Å². The number of hydrogen-bond acceptors (Lipinski definition) is 2. The molecule has 0 saturated heterocycles. The van der Waals surface area contributed by atoms with Crippen molar-refractivity contribution in [1.82, 2.24) is 5.32 Å². The molecule has 0 aromatic heterocycles. The zero-order chi connectivity index (χ0) is 12.7. The first kappa shape index (κ1) is 13.0. The number of hydrogen-bond donors (Lipinski definition) is 1. The minimum absolute atomic E-state index is 0.0827. The van der Waals surface area contributed by atoms with Crippen molar-refractivity contribution in [1.29, 1.82) is 0 Å². The van der Waals surface area contributed by atoms with Gasteiger partial charge in [0.25, 0.3) is 0 Å². The molecule has 0 spiro atoms. The second-order valence-corrected chi connectivity index (χ2v) is 3.62. The van der Waals surface area contributed by atoms with Crippen molar-refractivity contribution < 1.29 is 9.53 Å². The molecule has 0 radical (unpaired) electrons. The van der Waals surface area contributed by atoms with Crippen molar-refractivity contribution in [2.24, 2.45) is 0 Å². The summed E-state index contributed by atoms with van der Waals surface area (Å²) in [7, 11) is 1.63. The topological polar surface area (TPSA) is 38.3 Å². The highest BCUT2D eigenvalue weighted by Gasteiger charge is 2.02. The Balaban J connectivity index is 2.52. The second-order valence-electron chi connectivity index (χ2n) is 3.62. The van der Waals surface area contributed by atoms with E-state index in [0.29, 0.717) is 12.1 Å². The van der Waals surface area contributed by atoms with Gasteiger partial charge in [-0.2, -0.15) is 0 Å². The van der Waals surface area contributed by atoms with Gasteiger partial charge >= 0.3 is 0 Å². The fourth-order valence-electron chi connectivity index (χ4n) is 1.32. The molecular weight excluding hydrogens is 214 g/mol. The van der Waals surface area contributed by atoms with Crippen molar-refractivity contribution >= 4 is 5.91 Å². The van der Waals surface area contributed by atoms with Gasteiger partial charge < -0.3 is 10.1 Å². The molecule has 1 N–H and O–H groups in total. The van der Waals surface area contributed by atoms with E-state index < -0.39 is 0 Å². The Hall–Kier alpha value is -2.03. The molecule has 1 rings (SSSR count). The fourth-order valence-corrected chi connectivity index (χ4v) is 1.32. The van der Waals surface area contributed by atoms with E-state index in [1.54, 1.807) is 26.2 Å². The lowest BCUT2D eigenvalue weighted by Crippen LogP contribution is -2.23. The lowest BCUT2D eigenvalue weighted by Gasteiger charge is -2.06. The van der Waals surface area contributed by atoms with E-state index in [4.69, 9.17) is 4.74 Å². The van der Waals surface area contributed by atoms with Crippen LogP contribution in [0.3, 0.4) is 0 Å². The first-order valence-electron chi connectivity index (χ1n) is 5.38. The van der Waals surface area contributed by atoms with E-state index in [-0.39, 0.29) is 5.91 Å². The zero-order valence-corrected chi connectivity index (χ0v) is 10.2. The Kier molecular flexibility index (Phi) is 5.01. The molecule has 1 amide bonds. The molecule has 0 aliphatic rings. The maximum atomic E-state index is 11.6. The highest BCUT2D eigenvalue weighted by atomic mass is 16.5. The molecule has 0 bridgehead atoms. The standard InChI is InChI=1S/C14H17NO2/c1-4-5-11(2)14(16)15-10-12-6-8-13(17-3)9-7-12/h4-9H,1,10H2,2-3H3,(H,15,16)/b11-5+. The molecule has 0 heterocycles. The van der Waals surface area contributed by atoms with Crippen LogP contribution in [0.15, 0.2) is 48.6 Å². The first-order valence-corrected chi connectivity index (χ1v) is 5.38. The fraction of sp³-hybridized carbons (Fsp3) is 0.214. The monoisotopic (exact) mass is 231 g/mol. The van der Waals surface area contributed by atoms with Crippen LogP contribution in [-0.2, 0) is 11.3 Å². The lowest BCUT2D eigenvalue weighted by atomic mass is 10.2. The van der Waals surface area contributed by atoms with Crippen molar-refractivity contribution in [3.63, 3.8) is 0 Å². The van der Waals surface area contributed by atoms with Crippen LogP contribution < -0.4 is 10.1 Å². The summed E-state index contributed by atoms with van der Waals surface area (Å²) in [5.41, 5.74) is 1.68. The van der Waals surface area contributed by atoms with Gasteiger partial charge in [0.2, 0.25) is 5.91 Å². The van der Waals surface area contributed by atoms with E-state index in [0.717, 1.165) is 11.3 Å². The van der Waals surface area contributed by atoms with Crippen LogP contribution in [0.4, 0.5) is 0 Å². The van der Waals surface area contributed by atoms with Gasteiger partial charge in [-0.15, -0.1) is 0 Å². The molecule has 3 nitrogen and oxygen atoms in total. The van der Waals surface area contributed by atoms with E-state index >= 15 is 0 Å². The Bertz CT molecular complexity index is 418. The molecule has 0 saturated carbocycles. The Morgan fingerprint density at radius 2 is 2.06 bits per heavy atom. The van der Waals surface area contributed by atoms with Gasteiger partial charge in [-0.1, -0.05) is 30.9 Å². The largest absolute Gasteiger partial charge is 0.497 e. The summed E-state index contributed by atoms with van der Waals surface area (Å²) in [6.07, 6.45) is 3.28. The molecule has 1 aromatic rings. The third kappa shape index (κ3) is 4.15. The highest BCUT2D eigenvalue weighted by molar-refractivity contribution is 5.92. The van der Waals surface area contributed by atoms with Crippen LogP contribution in [-0.4, -0.2) is 13.0 Å². The molecule has 17 heavy (non-hydrogen) atoms. The molecule has 3 heteroatoms. The number of ether oxygens (including phenoxy) is 1. The van der Waals surface area contributed by atoms with E-state index in [2.05, 4.69) is 11.9 Å². The van der Waals surface area contributed by atoms with Gasteiger partial charge in [0.15, 0.2) is 0 Å². The number of allylic oxidation sites excluding steroid dienone is 2. The van der Waals surface area contributed by atoms with Crippen LogP contribution in [0.25, 0.3) is 0 Å². The number of nitrogens with one attached hydrogen (secondary N) is 1. The third-order valence-electron chi connectivity index (χ3n) is 2.34. The quantitative estimate of drug-likeness (QED) is 0.624. The summed E-state index contributed by atoms with van der Waals surface area (Å²) < 4.78 is 5.06. The molecule has 0 aliphatic heterocycles. The van der Waals surface area contributed by atoms with Crippen LogP contribution in [0.2, 0.25) is 0 Å². The van der Waals surface area contributed by atoms with Gasteiger partial charge in [-0.3, -0.25) is 4.79 Å². The zero-order valence-electron chi connectivity index (χ0n) is 10.2. The molecule has 0 atom stereocenters. The van der Waals surface area contributed by atoms with Gasteiger partial charge in [-0.25, -0.2) is 0 Å². The molecule has 1 aromatic carbocycles. The predicted molar refractivity (Wildman–Crippen MR) is 68.8 cm³/mol. The van der Waals surface area contributed by atoms with Crippen molar-refractivity contribution in [2.45, 2.75) is 13.5 Å². The van der Waals surface area contributed by atoms with Gasteiger partial charge in [0, 0.05) is 12.1 Å². The second kappa shape index (κ2) is 6.53. The average molecular weight is 231 g/mol. The Morgan fingerprint density at radius 3 is 2.59 bits per heavy atom. The van der Waals surface area contributed by atoms with Crippen molar-refractivity contribution in [3.05, 3.63) is 54.1 Å². The predicted octanol–water partition coefficient (Wildman–Crippen LogP) is 2.44. The Morgan fingerprint density at radius 1 is 1.41 bits per heavy atom. The van der Waals surface area contributed by atoms with Crippen LogP contribution in [0.1, 0.15) is 12.5 Å². The van der Waals surface area contributed by atoms with Crippen LogP contribution >= 0.6 is 0 Å². The van der Waals surface area contributed by atoms with Crippen LogP contribution in [0, 0.1) is 0 Å². The summed E-state index contributed by atoms with van der Waals surface area (Å²) in [4.78, 5) is 11.6. The number of carbonyl (C=O) groups excluding carboxylic acids is 1. The highest BCUT2D eigenvalue weighted by Crippen LogP contribution is 2.11. The van der Waals surface area contributed by atoms with Crippen molar-refractivity contribution in [3.8, 4) is 5.75 Å². The summed E-state index contributed by atoms with van der Waals surface area (Å²) in [5, 5.41) is 2.83. The molecule has 90 valence electrons. The first-order chi connectivity index (χ1) is 8.17. The van der Waals surface area contributed by atoms with Gasteiger partial charge in [0.1, 0.15) is 5.75 Å². The average Bonchev–Trinajstić information content (AvgIpc) is 2.36. The molecule has 0 unspecified atom stereocenters. The summed E-state index contributed by atoms with van der Waals surface area (Å²) in [5.74, 6) is 0.725. The summed E-state index contributed by atoms with van der Waals surface area (Å²) >= 11 is 0. The van der Waals surface area contributed by atoms with Gasteiger partial charge in [0.05, 0.1) is 7.11 Å². The maximum absolute atomic E-state index is 11.6. The number of amides is 1. The van der Waals surface area contributed by atoms with E-state index in [9.17, 15) is 4.79 Å². The Labute approximate surface area is 102 Å². The van der Waals surface area contributed by atoms with Crippen LogP contribution in [0.5, 0.6) is 5.75 Å². The summed E-state index contributed by atoms with van der Waals surface area (Å²) in [6, 6.07) is 7.58. The number of rotatable bonds is 5. The smallest absolute Gasteiger partial charge is 0.247 e. The molecule has 0 aliphatic carbocycles. The number of benzene rings is 1. The van der Waals surface area contributed by atoms with E-state index in [1.807, 2.05) is 24.3 Å². The number of carbonyl (C=O) groups is 1. The van der Waals surface area contributed by atoms with E-state index in [1.165, 1.54) is 0 Å². The molecular formula is C14H17NO2.